The van der Waals surface area contributed by atoms with Crippen LogP contribution in [0.5, 0.6) is 0 Å². The average molecular weight is 276 g/mol. The van der Waals surface area contributed by atoms with Crippen LogP contribution in [0.2, 0.25) is 0 Å². The molecule has 1 fully saturated rings. The number of anilines is 1. The van der Waals surface area contributed by atoms with E-state index in [1.54, 1.807) is 0 Å². The van der Waals surface area contributed by atoms with E-state index in [4.69, 9.17) is 4.74 Å². The first-order chi connectivity index (χ1) is 9.67. The predicted molar refractivity (Wildman–Crippen MR) is 80.7 cm³/mol. The second kappa shape index (κ2) is 7.41. The summed E-state index contributed by atoms with van der Waals surface area (Å²) in [4.78, 5) is 13.4. The van der Waals surface area contributed by atoms with Gasteiger partial charge in [-0.25, -0.2) is 0 Å². The lowest BCUT2D eigenvalue weighted by Crippen LogP contribution is -2.31. The zero-order valence-electron chi connectivity index (χ0n) is 12.4. The van der Waals surface area contributed by atoms with E-state index < -0.39 is 0 Å². The van der Waals surface area contributed by atoms with Crippen molar-refractivity contribution in [3.05, 3.63) is 29.8 Å². The first kappa shape index (κ1) is 15.0. The minimum absolute atomic E-state index is 0.0358. The van der Waals surface area contributed by atoms with Gasteiger partial charge in [0.05, 0.1) is 6.10 Å². The first-order valence-corrected chi connectivity index (χ1v) is 7.38. The van der Waals surface area contributed by atoms with E-state index in [0.29, 0.717) is 6.10 Å². The molecule has 0 saturated carbocycles. The molecule has 0 radical (unpaired) electrons. The molecule has 0 aliphatic carbocycles. The maximum atomic E-state index is 11.0. The van der Waals surface area contributed by atoms with Crippen molar-refractivity contribution in [2.24, 2.45) is 0 Å². The number of rotatable bonds is 6. The van der Waals surface area contributed by atoms with Crippen LogP contribution >= 0.6 is 0 Å². The number of ether oxygens (including phenoxy) is 1. The Balaban J connectivity index is 1.88. The number of nitrogens with zero attached hydrogens (tertiary/aromatic N) is 1. The quantitative estimate of drug-likeness (QED) is 0.868. The highest BCUT2D eigenvalue weighted by Crippen LogP contribution is 2.16. The molecule has 110 valence electrons. The molecular formula is C16H24N2O2. The maximum Gasteiger partial charge on any atom is 0.221 e. The predicted octanol–water partition coefficient (Wildman–Crippen LogP) is 2.65. The number of hydrogen-bond donors (Lipinski definition) is 1. The molecule has 4 nitrogen and oxygen atoms in total. The van der Waals surface area contributed by atoms with Crippen molar-refractivity contribution in [2.75, 3.05) is 25.0 Å². The summed E-state index contributed by atoms with van der Waals surface area (Å²) in [6.45, 7) is 7.57. The van der Waals surface area contributed by atoms with Gasteiger partial charge in [0.25, 0.3) is 0 Å². The Morgan fingerprint density at radius 1 is 1.40 bits per heavy atom. The zero-order chi connectivity index (χ0) is 14.4. The number of likely N-dealkylation sites (N-methyl/N-ethyl adjacent to an activating group) is 1. The van der Waals surface area contributed by atoms with Gasteiger partial charge in [0, 0.05) is 32.3 Å². The highest BCUT2D eigenvalue weighted by molar-refractivity contribution is 5.88. The van der Waals surface area contributed by atoms with Crippen LogP contribution in [-0.4, -0.2) is 36.6 Å². The minimum Gasteiger partial charge on any atom is -0.377 e. The molecule has 0 bridgehead atoms. The lowest BCUT2D eigenvalue weighted by atomic mass is 10.1. The van der Waals surface area contributed by atoms with E-state index in [0.717, 1.165) is 31.9 Å². The molecule has 1 aliphatic rings. The molecular weight excluding hydrogens is 252 g/mol. The fourth-order valence-corrected chi connectivity index (χ4v) is 2.54. The summed E-state index contributed by atoms with van der Waals surface area (Å²) < 4.78 is 5.70. The summed E-state index contributed by atoms with van der Waals surface area (Å²) in [5, 5.41) is 2.79. The Bertz CT molecular complexity index is 425. The summed E-state index contributed by atoms with van der Waals surface area (Å²) >= 11 is 0. The second-order valence-corrected chi connectivity index (χ2v) is 5.34. The van der Waals surface area contributed by atoms with Gasteiger partial charge in [0.15, 0.2) is 0 Å². The van der Waals surface area contributed by atoms with Gasteiger partial charge in [0.1, 0.15) is 0 Å². The number of carbonyl (C=O) groups is 1. The molecule has 1 aromatic carbocycles. The molecule has 0 spiro atoms. The molecule has 1 atom stereocenters. The average Bonchev–Trinajstić information content (AvgIpc) is 2.92. The Kier molecular flexibility index (Phi) is 5.56. The van der Waals surface area contributed by atoms with E-state index >= 15 is 0 Å². The molecule has 1 N–H and O–H groups in total. The molecule has 1 saturated heterocycles. The molecule has 0 aromatic heterocycles. The van der Waals surface area contributed by atoms with Crippen molar-refractivity contribution >= 4 is 11.6 Å². The van der Waals surface area contributed by atoms with Gasteiger partial charge in [-0.2, -0.15) is 0 Å². The van der Waals surface area contributed by atoms with Crippen LogP contribution < -0.4 is 5.32 Å². The Morgan fingerprint density at radius 3 is 2.70 bits per heavy atom. The van der Waals surface area contributed by atoms with Crippen LogP contribution in [-0.2, 0) is 16.1 Å². The zero-order valence-corrected chi connectivity index (χ0v) is 12.4. The van der Waals surface area contributed by atoms with Crippen molar-refractivity contribution in [3.8, 4) is 0 Å². The summed E-state index contributed by atoms with van der Waals surface area (Å²) in [5.41, 5.74) is 2.11. The van der Waals surface area contributed by atoms with Crippen LogP contribution in [0.3, 0.4) is 0 Å². The van der Waals surface area contributed by atoms with Crippen molar-refractivity contribution in [3.63, 3.8) is 0 Å². The summed E-state index contributed by atoms with van der Waals surface area (Å²) in [6.07, 6.45) is 2.76. The number of hydrogen-bond acceptors (Lipinski definition) is 3. The fourth-order valence-electron chi connectivity index (χ4n) is 2.54. The van der Waals surface area contributed by atoms with Gasteiger partial charge in [-0.1, -0.05) is 19.1 Å². The summed E-state index contributed by atoms with van der Waals surface area (Å²) in [7, 11) is 0. The Labute approximate surface area is 121 Å². The van der Waals surface area contributed by atoms with Gasteiger partial charge < -0.3 is 10.1 Å². The first-order valence-electron chi connectivity index (χ1n) is 7.38. The van der Waals surface area contributed by atoms with Crippen LogP contribution in [0.1, 0.15) is 32.3 Å². The number of carbonyl (C=O) groups excluding carboxylic acids is 1. The van der Waals surface area contributed by atoms with Crippen molar-refractivity contribution in [1.82, 2.24) is 4.90 Å². The van der Waals surface area contributed by atoms with E-state index in [9.17, 15) is 4.79 Å². The normalized spacial score (nSPS) is 18.4. The van der Waals surface area contributed by atoms with Crippen LogP contribution in [0.4, 0.5) is 5.69 Å². The standard InChI is InChI=1S/C16H24N2O2/c1-3-18(12-16-5-4-10-20-16)11-14-6-8-15(9-7-14)17-13(2)19/h6-9,16H,3-5,10-12H2,1-2H3,(H,17,19). The molecule has 1 amide bonds. The van der Waals surface area contributed by atoms with Gasteiger partial charge in [-0.05, 0) is 37.1 Å². The fraction of sp³-hybridized carbons (Fsp3) is 0.562. The SMILES string of the molecule is CCN(Cc1ccc(NC(C)=O)cc1)CC1CCCO1. The molecule has 1 heterocycles. The molecule has 1 unspecified atom stereocenters. The third-order valence-electron chi connectivity index (χ3n) is 3.61. The number of benzene rings is 1. The van der Waals surface area contributed by atoms with Gasteiger partial charge >= 0.3 is 0 Å². The Morgan fingerprint density at radius 2 is 2.15 bits per heavy atom. The summed E-state index contributed by atoms with van der Waals surface area (Å²) in [6, 6.07) is 8.06. The van der Waals surface area contributed by atoms with Crippen molar-refractivity contribution in [1.29, 1.82) is 0 Å². The van der Waals surface area contributed by atoms with E-state index in [2.05, 4.69) is 29.3 Å². The van der Waals surface area contributed by atoms with Gasteiger partial charge in [-0.15, -0.1) is 0 Å². The van der Waals surface area contributed by atoms with E-state index in [-0.39, 0.29) is 5.91 Å². The molecule has 1 aliphatic heterocycles. The van der Waals surface area contributed by atoms with Gasteiger partial charge in [0.2, 0.25) is 5.91 Å². The van der Waals surface area contributed by atoms with Crippen LogP contribution in [0.25, 0.3) is 0 Å². The monoisotopic (exact) mass is 276 g/mol. The van der Waals surface area contributed by atoms with Crippen molar-refractivity contribution < 1.29 is 9.53 Å². The van der Waals surface area contributed by atoms with Crippen molar-refractivity contribution in [2.45, 2.75) is 39.3 Å². The van der Waals surface area contributed by atoms with Gasteiger partial charge in [-0.3, -0.25) is 9.69 Å². The third-order valence-corrected chi connectivity index (χ3v) is 3.61. The highest BCUT2D eigenvalue weighted by Gasteiger charge is 2.18. The molecule has 4 heteroatoms. The number of amides is 1. The lowest BCUT2D eigenvalue weighted by Gasteiger charge is -2.23. The minimum atomic E-state index is -0.0358. The number of nitrogens with one attached hydrogen (secondary N) is 1. The smallest absolute Gasteiger partial charge is 0.221 e. The lowest BCUT2D eigenvalue weighted by molar-refractivity contribution is -0.114. The largest absolute Gasteiger partial charge is 0.377 e. The molecule has 20 heavy (non-hydrogen) atoms. The molecule has 2 rings (SSSR count). The van der Waals surface area contributed by atoms with Crippen LogP contribution in [0, 0.1) is 0 Å². The molecule has 1 aromatic rings. The second-order valence-electron chi connectivity index (χ2n) is 5.34. The maximum absolute atomic E-state index is 11.0. The third kappa shape index (κ3) is 4.62. The van der Waals surface area contributed by atoms with E-state index in [1.807, 2.05) is 12.1 Å². The van der Waals surface area contributed by atoms with Crippen LogP contribution in [0.15, 0.2) is 24.3 Å². The van der Waals surface area contributed by atoms with E-state index in [1.165, 1.54) is 25.3 Å². The highest BCUT2D eigenvalue weighted by atomic mass is 16.5. The summed E-state index contributed by atoms with van der Waals surface area (Å²) in [5.74, 6) is -0.0358. The topological polar surface area (TPSA) is 41.6 Å². The Hall–Kier alpha value is -1.39.